The van der Waals surface area contributed by atoms with Crippen LogP contribution in [0.4, 0.5) is 0 Å². The first kappa shape index (κ1) is 13.0. The summed E-state index contributed by atoms with van der Waals surface area (Å²) in [5.41, 5.74) is -0.542. The Morgan fingerprint density at radius 2 is 2.05 bits per heavy atom. The quantitative estimate of drug-likeness (QED) is 0.423. The highest BCUT2D eigenvalue weighted by Crippen LogP contribution is 2.38. The zero-order valence-electron chi connectivity index (χ0n) is 11.4. The van der Waals surface area contributed by atoms with E-state index in [0.717, 1.165) is 22.7 Å². The molecule has 0 saturated carbocycles. The van der Waals surface area contributed by atoms with E-state index >= 15 is 0 Å². The Kier molecular flexibility index (Phi) is 2.72. The van der Waals surface area contributed by atoms with E-state index in [4.69, 9.17) is 4.74 Å². The molecule has 114 valence electrons. The summed E-state index contributed by atoms with van der Waals surface area (Å²) in [7, 11) is 0. The van der Waals surface area contributed by atoms with Gasteiger partial charge in [0.25, 0.3) is 11.9 Å². The van der Waals surface area contributed by atoms with Crippen LogP contribution in [0.3, 0.4) is 0 Å². The predicted molar refractivity (Wildman–Crippen MR) is 66.2 cm³/mol. The minimum absolute atomic E-state index is 0.203. The topological polar surface area (TPSA) is 113 Å². The van der Waals surface area contributed by atoms with Crippen molar-refractivity contribution in [3.63, 3.8) is 0 Å². The first-order valence-corrected chi connectivity index (χ1v) is 7.17. The number of nitrogens with one attached hydrogen (secondary N) is 1. The number of nitrogens with zero attached hydrogens (tertiary/aromatic N) is 3. The van der Waals surface area contributed by atoms with Crippen molar-refractivity contribution >= 4 is 5.71 Å². The highest BCUT2D eigenvalue weighted by molar-refractivity contribution is 5.91. The van der Waals surface area contributed by atoms with E-state index < -0.39 is 5.60 Å². The molecule has 0 aromatic carbocycles. The Hall–Kier alpha value is -1.71. The first-order valence-electron chi connectivity index (χ1n) is 7.17. The summed E-state index contributed by atoms with van der Waals surface area (Å²) in [6, 6.07) is 0. The van der Waals surface area contributed by atoms with Crippen molar-refractivity contribution in [2.24, 2.45) is 0 Å². The van der Waals surface area contributed by atoms with Gasteiger partial charge in [-0.3, -0.25) is 9.53 Å². The smallest absolute Gasteiger partial charge is 0.292 e. The van der Waals surface area contributed by atoms with E-state index in [0.29, 0.717) is 42.4 Å². The number of hydrogen-bond donors (Lipinski definition) is 2. The number of aliphatic hydroxyl groups is 1. The summed E-state index contributed by atoms with van der Waals surface area (Å²) in [6.07, 6.45) is 0.595. The van der Waals surface area contributed by atoms with Crippen molar-refractivity contribution in [1.29, 1.82) is 0 Å². The molecule has 21 heavy (non-hydrogen) atoms. The second-order valence-corrected chi connectivity index (χ2v) is 5.85. The summed E-state index contributed by atoms with van der Waals surface area (Å²) in [4.78, 5) is 1.43. The molecule has 2 aliphatic heterocycles. The molecule has 9 nitrogen and oxygen atoms in total. The van der Waals surface area contributed by atoms with Crippen molar-refractivity contribution < 1.29 is 29.0 Å². The minimum Gasteiger partial charge on any atom is -0.619 e. The molecule has 3 heterocycles. The largest absolute Gasteiger partial charge is 0.619 e. The molecule has 2 N–H and O–H groups in total. The van der Waals surface area contributed by atoms with Gasteiger partial charge in [-0.2, -0.15) is 4.74 Å². The molecule has 2 atom stereocenters. The van der Waals surface area contributed by atoms with E-state index in [1.807, 2.05) is 0 Å². The van der Waals surface area contributed by atoms with Crippen molar-refractivity contribution in [1.82, 2.24) is 5.16 Å². The van der Waals surface area contributed by atoms with Crippen LogP contribution in [0.2, 0.25) is 0 Å². The molecule has 1 aromatic rings. The second-order valence-electron chi connectivity index (χ2n) is 5.85. The molecule has 0 radical (unpaired) electrons. The predicted octanol–water partition coefficient (Wildman–Crippen LogP) is -2.96. The van der Waals surface area contributed by atoms with Gasteiger partial charge in [-0.05, 0) is 4.90 Å². The van der Waals surface area contributed by atoms with E-state index in [9.17, 15) is 15.5 Å². The van der Waals surface area contributed by atoms with Gasteiger partial charge < -0.3 is 20.3 Å². The number of ether oxygens (including phenoxy) is 1. The van der Waals surface area contributed by atoms with Crippen molar-refractivity contribution in [2.45, 2.75) is 31.0 Å². The lowest BCUT2D eigenvalue weighted by Gasteiger charge is -2.27. The van der Waals surface area contributed by atoms with E-state index in [2.05, 4.69) is 9.79 Å². The average molecular weight is 297 g/mol. The van der Waals surface area contributed by atoms with Crippen LogP contribution in [0, 0.1) is 10.4 Å². The Labute approximate surface area is 120 Å². The molecule has 0 spiro atoms. The number of quaternary nitrogens is 1. The highest BCUT2D eigenvalue weighted by atomic mass is 16.8. The number of fused-ring (bicyclic) bond motifs is 3. The minimum atomic E-state index is -1.47. The molecule has 1 fully saturated rings. The first-order chi connectivity index (χ1) is 10.1. The molecule has 1 aliphatic carbocycles. The van der Waals surface area contributed by atoms with Crippen molar-refractivity contribution in [2.75, 3.05) is 26.3 Å². The standard InChI is InChI=1S/C12H16N4O5/c17-12-7-10(14-3-5-20-6-4-14)15(18)9(12)2-1-8-11(12)13-21-16(8)19/h10,17H,1-7H2/p+1/t10-,12-/m1/s1. The van der Waals surface area contributed by atoms with Gasteiger partial charge in [0.15, 0.2) is 0 Å². The lowest BCUT2D eigenvalue weighted by molar-refractivity contribution is -1.01. The van der Waals surface area contributed by atoms with E-state index in [-0.39, 0.29) is 18.3 Å². The van der Waals surface area contributed by atoms with Gasteiger partial charge in [-0.1, -0.05) is 0 Å². The van der Waals surface area contributed by atoms with E-state index in [1.165, 1.54) is 0 Å². The van der Waals surface area contributed by atoms with Crippen LogP contribution in [0.5, 0.6) is 0 Å². The third-order valence-corrected chi connectivity index (χ3v) is 4.81. The summed E-state index contributed by atoms with van der Waals surface area (Å²) in [5, 5.41) is 38.7. The lowest BCUT2D eigenvalue weighted by Crippen LogP contribution is -3.18. The summed E-state index contributed by atoms with van der Waals surface area (Å²) < 4.78 is 10.8. The maximum Gasteiger partial charge on any atom is 0.292 e. The molecule has 4 rings (SSSR count). The molecule has 9 heteroatoms. The van der Waals surface area contributed by atoms with Crippen LogP contribution >= 0.6 is 0 Å². The Morgan fingerprint density at radius 1 is 1.29 bits per heavy atom. The molecule has 0 bridgehead atoms. The molecule has 0 unspecified atom stereocenters. The van der Waals surface area contributed by atoms with Crippen LogP contribution in [0.15, 0.2) is 4.63 Å². The number of hydrogen-bond acceptors (Lipinski definition) is 6. The average Bonchev–Trinajstić information content (AvgIpc) is 3.00. The third-order valence-electron chi connectivity index (χ3n) is 4.81. The van der Waals surface area contributed by atoms with Gasteiger partial charge in [0.2, 0.25) is 17.0 Å². The molecule has 0 amide bonds. The van der Waals surface area contributed by atoms with Crippen LogP contribution in [0.1, 0.15) is 24.2 Å². The fourth-order valence-corrected chi connectivity index (χ4v) is 3.71. The van der Waals surface area contributed by atoms with Crippen LogP contribution in [0.25, 0.3) is 0 Å². The fourth-order valence-electron chi connectivity index (χ4n) is 3.71. The maximum absolute atomic E-state index is 12.6. The van der Waals surface area contributed by atoms with Crippen LogP contribution < -0.4 is 9.80 Å². The molecule has 1 saturated heterocycles. The van der Waals surface area contributed by atoms with Crippen LogP contribution in [-0.2, 0) is 16.8 Å². The Bertz CT molecular complexity index is 609. The maximum atomic E-state index is 12.6. The van der Waals surface area contributed by atoms with Gasteiger partial charge in [0.1, 0.15) is 19.5 Å². The fraction of sp³-hybridized carbons (Fsp3) is 0.750. The van der Waals surface area contributed by atoms with Crippen LogP contribution in [-0.4, -0.2) is 53.2 Å². The Morgan fingerprint density at radius 3 is 2.81 bits per heavy atom. The normalized spacial score (nSPS) is 33.1. The third kappa shape index (κ3) is 1.71. The summed E-state index contributed by atoms with van der Waals surface area (Å²) in [6.45, 7) is 2.70. The molecular weight excluding hydrogens is 280 g/mol. The number of aromatic nitrogens is 2. The second kappa shape index (κ2) is 4.39. The van der Waals surface area contributed by atoms with Gasteiger partial charge in [-0.15, -0.1) is 0 Å². The Balaban J connectivity index is 1.72. The van der Waals surface area contributed by atoms with Gasteiger partial charge in [0, 0.05) is 18.0 Å². The number of morpholine rings is 1. The van der Waals surface area contributed by atoms with Crippen molar-refractivity contribution in [3.8, 4) is 0 Å². The molecule has 3 aliphatic rings. The molecule has 1 aromatic heterocycles. The van der Waals surface area contributed by atoms with Gasteiger partial charge in [-0.25, -0.2) is 0 Å². The highest BCUT2D eigenvalue weighted by Gasteiger charge is 2.62. The van der Waals surface area contributed by atoms with E-state index in [1.54, 1.807) is 0 Å². The SMILES string of the molecule is [O-][N+]1=C2CCc3c(no[n+]3[O-])[C@@]2(O)C[C@@H]1[NH+]1CCOCC1. The zero-order valence-corrected chi connectivity index (χ0v) is 11.4. The zero-order chi connectivity index (χ0) is 14.6. The number of rotatable bonds is 1. The monoisotopic (exact) mass is 297 g/mol. The summed E-state index contributed by atoms with van der Waals surface area (Å²) >= 11 is 0. The lowest BCUT2D eigenvalue weighted by atomic mass is 9.82. The number of hydroxylamine groups is 1. The summed E-state index contributed by atoms with van der Waals surface area (Å²) in [5.74, 6) is 0. The van der Waals surface area contributed by atoms with Gasteiger partial charge >= 0.3 is 0 Å². The van der Waals surface area contributed by atoms with Gasteiger partial charge in [0.05, 0.1) is 13.2 Å². The molecular formula is C12H17N4O5+. The van der Waals surface area contributed by atoms with Crippen molar-refractivity contribution in [3.05, 3.63) is 21.8 Å².